The summed E-state index contributed by atoms with van der Waals surface area (Å²) in [5, 5.41) is 11.2. The van der Waals surface area contributed by atoms with Crippen LogP contribution in [0.5, 0.6) is 11.5 Å². The highest BCUT2D eigenvalue weighted by Gasteiger charge is 2.29. The van der Waals surface area contributed by atoms with Crippen LogP contribution < -0.4 is 9.47 Å². The van der Waals surface area contributed by atoms with Crippen LogP contribution in [-0.2, 0) is 4.74 Å². The van der Waals surface area contributed by atoms with Crippen LogP contribution in [0.2, 0.25) is 0 Å². The summed E-state index contributed by atoms with van der Waals surface area (Å²) >= 11 is 0. The topological polar surface area (TPSA) is 105 Å². The summed E-state index contributed by atoms with van der Waals surface area (Å²) in [4.78, 5) is 35.5. The molecule has 2 aromatic rings. The lowest BCUT2D eigenvalue weighted by molar-refractivity contribution is -0.385. The van der Waals surface area contributed by atoms with Gasteiger partial charge in [0.2, 0.25) is 0 Å². The van der Waals surface area contributed by atoms with Gasteiger partial charge in [-0.1, -0.05) is 12.1 Å². The number of ether oxygens (including phenoxy) is 3. The van der Waals surface area contributed by atoms with Gasteiger partial charge in [-0.2, -0.15) is 0 Å². The van der Waals surface area contributed by atoms with Crippen molar-refractivity contribution in [2.75, 3.05) is 14.2 Å². The molecule has 0 aromatic heterocycles. The summed E-state index contributed by atoms with van der Waals surface area (Å²) in [6.07, 6.45) is 0. The normalized spacial score (nSPS) is 10.2. The Labute approximate surface area is 149 Å². The Balaban J connectivity index is 2.45. The molecule has 0 saturated heterocycles. The number of nitro benzene ring substituents is 1. The fourth-order valence-corrected chi connectivity index (χ4v) is 2.45. The van der Waals surface area contributed by atoms with E-state index in [9.17, 15) is 19.7 Å². The fourth-order valence-electron chi connectivity index (χ4n) is 2.45. The Kier molecular flexibility index (Phi) is 5.56. The van der Waals surface area contributed by atoms with Crippen molar-refractivity contribution in [2.24, 2.45) is 0 Å². The van der Waals surface area contributed by atoms with E-state index in [0.717, 1.165) is 0 Å². The summed E-state index contributed by atoms with van der Waals surface area (Å²) in [5.41, 5.74) is 0.239. The number of esters is 2. The van der Waals surface area contributed by atoms with Gasteiger partial charge in [0.05, 0.1) is 19.1 Å². The number of methoxy groups -OCH3 is 2. The van der Waals surface area contributed by atoms with Gasteiger partial charge in [0.15, 0.2) is 0 Å². The van der Waals surface area contributed by atoms with Crippen LogP contribution in [0.25, 0.3) is 0 Å². The zero-order valence-corrected chi connectivity index (χ0v) is 14.7. The smallest absolute Gasteiger partial charge is 0.353 e. The second-order valence-electron chi connectivity index (χ2n) is 5.37. The van der Waals surface area contributed by atoms with E-state index in [4.69, 9.17) is 14.2 Å². The summed E-state index contributed by atoms with van der Waals surface area (Å²) in [6, 6.07) is 7.34. The Morgan fingerprint density at radius 2 is 1.46 bits per heavy atom. The fraction of sp³-hybridized carbons (Fsp3) is 0.222. The first-order chi connectivity index (χ1) is 12.3. The number of hydrogen-bond donors (Lipinski definition) is 0. The van der Waals surface area contributed by atoms with Crippen LogP contribution in [0.3, 0.4) is 0 Å². The molecule has 2 rings (SSSR count). The number of hydrogen-bond acceptors (Lipinski definition) is 7. The van der Waals surface area contributed by atoms with Crippen LogP contribution in [0.1, 0.15) is 31.8 Å². The molecule has 0 aliphatic rings. The van der Waals surface area contributed by atoms with Crippen LogP contribution in [0.4, 0.5) is 5.69 Å². The maximum absolute atomic E-state index is 12.5. The largest absolute Gasteiger partial charge is 0.496 e. The van der Waals surface area contributed by atoms with E-state index in [0.29, 0.717) is 11.1 Å². The molecule has 0 saturated carbocycles. The van der Waals surface area contributed by atoms with Gasteiger partial charge in [-0.05, 0) is 37.1 Å². The predicted molar refractivity (Wildman–Crippen MR) is 91.9 cm³/mol. The lowest BCUT2D eigenvalue weighted by atomic mass is 10.0. The van der Waals surface area contributed by atoms with Crippen molar-refractivity contribution < 1.29 is 28.7 Å². The van der Waals surface area contributed by atoms with Crippen molar-refractivity contribution in [2.45, 2.75) is 13.8 Å². The van der Waals surface area contributed by atoms with Gasteiger partial charge in [0.1, 0.15) is 22.6 Å². The second-order valence-corrected chi connectivity index (χ2v) is 5.37. The third-order valence-electron chi connectivity index (χ3n) is 3.93. The number of aryl methyl sites for hydroxylation is 1. The number of carbonyl (C=O) groups excluding carboxylic acids is 2. The molecule has 0 N–H and O–H groups in total. The van der Waals surface area contributed by atoms with E-state index in [1.165, 1.54) is 38.5 Å². The molecule has 0 heterocycles. The van der Waals surface area contributed by atoms with Gasteiger partial charge in [0, 0.05) is 6.07 Å². The standard InChI is InChI=1S/C18H17NO7/c1-10-8-9-12(19(22)23)15(11(10)2)17(20)26-18(21)16-13(24-3)6-5-7-14(16)25-4/h5-9H,1-4H3. The molecule has 8 nitrogen and oxygen atoms in total. The number of carbonyl (C=O) groups is 2. The molecule has 0 spiro atoms. The molecule has 26 heavy (non-hydrogen) atoms. The summed E-state index contributed by atoms with van der Waals surface area (Å²) in [5.74, 6) is -1.84. The average molecular weight is 359 g/mol. The molecule has 0 aliphatic carbocycles. The van der Waals surface area contributed by atoms with Crippen molar-refractivity contribution in [1.29, 1.82) is 0 Å². The minimum Gasteiger partial charge on any atom is -0.496 e. The Hall–Kier alpha value is -3.42. The van der Waals surface area contributed by atoms with E-state index < -0.39 is 22.5 Å². The minimum absolute atomic E-state index is 0.0844. The minimum atomic E-state index is -1.11. The Morgan fingerprint density at radius 1 is 0.923 bits per heavy atom. The highest BCUT2D eigenvalue weighted by molar-refractivity contribution is 6.07. The van der Waals surface area contributed by atoms with Crippen molar-refractivity contribution >= 4 is 17.6 Å². The second kappa shape index (κ2) is 7.64. The maximum atomic E-state index is 12.5. The zero-order chi connectivity index (χ0) is 19.4. The maximum Gasteiger partial charge on any atom is 0.353 e. The van der Waals surface area contributed by atoms with Gasteiger partial charge in [-0.25, -0.2) is 9.59 Å². The molecular weight excluding hydrogens is 342 g/mol. The summed E-state index contributed by atoms with van der Waals surface area (Å²) in [6.45, 7) is 3.24. The predicted octanol–water partition coefficient (Wildman–Crippen LogP) is 3.23. The third kappa shape index (κ3) is 3.49. The van der Waals surface area contributed by atoms with Crippen LogP contribution in [0.15, 0.2) is 30.3 Å². The van der Waals surface area contributed by atoms with Gasteiger partial charge in [0.25, 0.3) is 5.69 Å². The highest BCUT2D eigenvalue weighted by atomic mass is 16.6. The van der Waals surface area contributed by atoms with Crippen LogP contribution in [-0.4, -0.2) is 31.1 Å². The van der Waals surface area contributed by atoms with E-state index in [1.807, 2.05) is 0 Å². The lowest BCUT2D eigenvalue weighted by Gasteiger charge is -2.12. The molecular formula is C18H17NO7. The monoisotopic (exact) mass is 359 g/mol. The van der Waals surface area contributed by atoms with Gasteiger partial charge >= 0.3 is 11.9 Å². The van der Waals surface area contributed by atoms with Gasteiger partial charge < -0.3 is 14.2 Å². The number of benzene rings is 2. The van der Waals surface area contributed by atoms with Crippen LogP contribution in [0, 0.1) is 24.0 Å². The first kappa shape index (κ1) is 18.9. The summed E-state index contributed by atoms with van der Waals surface area (Å²) < 4.78 is 15.1. The van der Waals surface area contributed by atoms with Crippen molar-refractivity contribution in [3.63, 3.8) is 0 Å². The quantitative estimate of drug-likeness (QED) is 0.349. The summed E-state index contributed by atoms with van der Waals surface area (Å²) in [7, 11) is 2.70. The molecule has 0 fully saturated rings. The molecule has 0 radical (unpaired) electrons. The van der Waals surface area contributed by atoms with E-state index in [1.54, 1.807) is 19.9 Å². The van der Waals surface area contributed by atoms with Gasteiger partial charge in [-0.15, -0.1) is 0 Å². The van der Waals surface area contributed by atoms with Crippen molar-refractivity contribution in [1.82, 2.24) is 0 Å². The molecule has 136 valence electrons. The molecule has 8 heteroatoms. The van der Waals surface area contributed by atoms with Crippen molar-refractivity contribution in [3.8, 4) is 11.5 Å². The van der Waals surface area contributed by atoms with Gasteiger partial charge in [-0.3, -0.25) is 10.1 Å². The Bertz CT molecular complexity index is 867. The lowest BCUT2D eigenvalue weighted by Crippen LogP contribution is -2.17. The molecule has 0 amide bonds. The number of nitrogens with zero attached hydrogens (tertiary/aromatic N) is 1. The molecule has 0 unspecified atom stereocenters. The molecule has 0 atom stereocenters. The average Bonchev–Trinajstić information content (AvgIpc) is 2.62. The van der Waals surface area contributed by atoms with E-state index >= 15 is 0 Å². The zero-order valence-electron chi connectivity index (χ0n) is 14.7. The third-order valence-corrected chi connectivity index (χ3v) is 3.93. The number of nitro groups is 1. The van der Waals surface area contributed by atoms with Crippen molar-refractivity contribution in [3.05, 3.63) is 62.7 Å². The molecule has 0 bridgehead atoms. The molecule has 2 aromatic carbocycles. The SMILES string of the molecule is COc1cccc(OC)c1C(=O)OC(=O)c1c([N+](=O)[O-])ccc(C)c1C. The van der Waals surface area contributed by atoms with E-state index in [2.05, 4.69) is 0 Å². The van der Waals surface area contributed by atoms with E-state index in [-0.39, 0.29) is 22.6 Å². The number of rotatable bonds is 5. The Morgan fingerprint density at radius 3 is 1.96 bits per heavy atom. The first-order valence-electron chi connectivity index (χ1n) is 7.53. The highest BCUT2D eigenvalue weighted by Crippen LogP contribution is 2.30. The first-order valence-corrected chi connectivity index (χ1v) is 7.53. The molecule has 0 aliphatic heterocycles. The van der Waals surface area contributed by atoms with Crippen LogP contribution >= 0.6 is 0 Å².